The Morgan fingerprint density at radius 1 is 1.29 bits per heavy atom. The Balaban J connectivity index is 1.76. The van der Waals surface area contributed by atoms with Crippen LogP contribution in [-0.2, 0) is 9.53 Å². The summed E-state index contributed by atoms with van der Waals surface area (Å²) in [5.41, 5.74) is 0. The molecule has 0 aromatic carbocycles. The second-order valence-corrected chi connectivity index (χ2v) is 4.87. The smallest absolute Gasteiger partial charge is 0.228 e. The van der Waals surface area contributed by atoms with Gasteiger partial charge in [-0.05, 0) is 13.0 Å². The van der Waals surface area contributed by atoms with Crippen LogP contribution in [0.3, 0.4) is 0 Å². The third-order valence-corrected chi connectivity index (χ3v) is 3.64. The van der Waals surface area contributed by atoms with E-state index in [-0.39, 0.29) is 5.92 Å². The van der Waals surface area contributed by atoms with Gasteiger partial charge in [0.15, 0.2) is 0 Å². The van der Waals surface area contributed by atoms with Crippen LogP contribution >= 0.6 is 0 Å². The minimum Gasteiger partial charge on any atom is -0.383 e. The number of rotatable bonds is 4. The lowest BCUT2D eigenvalue weighted by molar-refractivity contribution is -0.136. The summed E-state index contributed by atoms with van der Waals surface area (Å²) >= 11 is 0. The first-order valence-corrected chi connectivity index (χ1v) is 6.52. The standard InChI is InChI=1S/C12H23N3O2/c1-17-8-7-14-3-2-4-15(6-5-14)12(16)11-9-13-10-11/h11,13H,2-10H2,1H3. The van der Waals surface area contributed by atoms with Gasteiger partial charge < -0.3 is 15.0 Å². The van der Waals surface area contributed by atoms with Gasteiger partial charge in [-0.1, -0.05) is 0 Å². The third kappa shape index (κ3) is 3.40. The van der Waals surface area contributed by atoms with E-state index in [1.54, 1.807) is 7.11 Å². The van der Waals surface area contributed by atoms with E-state index < -0.39 is 0 Å². The van der Waals surface area contributed by atoms with Crippen LogP contribution < -0.4 is 5.32 Å². The zero-order chi connectivity index (χ0) is 12.1. The van der Waals surface area contributed by atoms with Crippen LogP contribution in [0.2, 0.25) is 0 Å². The molecule has 2 heterocycles. The minimum atomic E-state index is 0.237. The maximum atomic E-state index is 12.1. The first kappa shape index (κ1) is 12.8. The fourth-order valence-electron chi connectivity index (χ4n) is 2.36. The van der Waals surface area contributed by atoms with Crippen molar-refractivity contribution >= 4 is 5.91 Å². The molecule has 17 heavy (non-hydrogen) atoms. The number of carbonyl (C=O) groups is 1. The van der Waals surface area contributed by atoms with Gasteiger partial charge in [-0.2, -0.15) is 0 Å². The van der Waals surface area contributed by atoms with Crippen LogP contribution in [0.5, 0.6) is 0 Å². The zero-order valence-corrected chi connectivity index (χ0v) is 10.7. The molecule has 1 amide bonds. The zero-order valence-electron chi connectivity index (χ0n) is 10.7. The summed E-state index contributed by atoms with van der Waals surface area (Å²) in [6.45, 7) is 7.33. The lowest BCUT2D eigenvalue weighted by Crippen LogP contribution is -2.52. The molecule has 0 aliphatic carbocycles. The van der Waals surface area contributed by atoms with Crippen molar-refractivity contribution in [1.29, 1.82) is 0 Å². The molecular formula is C12H23N3O2. The van der Waals surface area contributed by atoms with Crippen molar-refractivity contribution in [3.05, 3.63) is 0 Å². The average molecular weight is 241 g/mol. The third-order valence-electron chi connectivity index (χ3n) is 3.64. The molecule has 0 bridgehead atoms. The Morgan fingerprint density at radius 2 is 2.12 bits per heavy atom. The number of amides is 1. The van der Waals surface area contributed by atoms with E-state index in [1.165, 1.54) is 0 Å². The Morgan fingerprint density at radius 3 is 2.76 bits per heavy atom. The molecule has 2 rings (SSSR count). The molecule has 0 atom stereocenters. The summed E-state index contributed by atoms with van der Waals surface area (Å²) in [5, 5.41) is 3.16. The Hall–Kier alpha value is -0.650. The highest BCUT2D eigenvalue weighted by atomic mass is 16.5. The molecule has 2 aliphatic rings. The number of hydrogen-bond donors (Lipinski definition) is 1. The number of carbonyl (C=O) groups excluding carboxylic acids is 1. The summed E-state index contributed by atoms with van der Waals surface area (Å²) in [5.74, 6) is 0.581. The number of ether oxygens (including phenoxy) is 1. The van der Waals surface area contributed by atoms with Crippen molar-refractivity contribution in [1.82, 2.24) is 15.1 Å². The molecule has 0 spiro atoms. The summed E-state index contributed by atoms with van der Waals surface area (Å²) < 4.78 is 5.09. The fourth-order valence-corrected chi connectivity index (χ4v) is 2.36. The molecule has 0 unspecified atom stereocenters. The molecule has 2 aliphatic heterocycles. The highest BCUT2D eigenvalue weighted by molar-refractivity contribution is 5.80. The minimum absolute atomic E-state index is 0.237. The molecule has 98 valence electrons. The highest BCUT2D eigenvalue weighted by Crippen LogP contribution is 2.11. The van der Waals surface area contributed by atoms with Crippen molar-refractivity contribution < 1.29 is 9.53 Å². The maximum absolute atomic E-state index is 12.1. The lowest BCUT2D eigenvalue weighted by atomic mass is 10.0. The van der Waals surface area contributed by atoms with E-state index in [0.29, 0.717) is 5.91 Å². The first-order valence-electron chi connectivity index (χ1n) is 6.52. The van der Waals surface area contributed by atoms with Crippen molar-refractivity contribution in [3.63, 3.8) is 0 Å². The summed E-state index contributed by atoms with van der Waals surface area (Å²) in [6, 6.07) is 0. The predicted molar refractivity (Wildman–Crippen MR) is 65.9 cm³/mol. The number of methoxy groups -OCH3 is 1. The van der Waals surface area contributed by atoms with Crippen LogP contribution in [-0.4, -0.2) is 75.2 Å². The van der Waals surface area contributed by atoms with E-state index in [1.807, 2.05) is 4.90 Å². The lowest BCUT2D eigenvalue weighted by Gasteiger charge is -2.31. The van der Waals surface area contributed by atoms with Crippen molar-refractivity contribution in [2.45, 2.75) is 6.42 Å². The van der Waals surface area contributed by atoms with Gasteiger partial charge in [-0.3, -0.25) is 9.69 Å². The fraction of sp³-hybridized carbons (Fsp3) is 0.917. The van der Waals surface area contributed by atoms with E-state index in [4.69, 9.17) is 4.74 Å². The van der Waals surface area contributed by atoms with Crippen molar-refractivity contribution in [2.24, 2.45) is 5.92 Å². The second-order valence-electron chi connectivity index (χ2n) is 4.87. The largest absolute Gasteiger partial charge is 0.383 e. The summed E-state index contributed by atoms with van der Waals surface area (Å²) in [4.78, 5) is 16.5. The maximum Gasteiger partial charge on any atom is 0.228 e. The van der Waals surface area contributed by atoms with Gasteiger partial charge in [0.25, 0.3) is 0 Å². The molecule has 5 nitrogen and oxygen atoms in total. The molecular weight excluding hydrogens is 218 g/mol. The number of nitrogens with zero attached hydrogens (tertiary/aromatic N) is 2. The highest BCUT2D eigenvalue weighted by Gasteiger charge is 2.29. The van der Waals surface area contributed by atoms with E-state index in [0.717, 1.165) is 58.8 Å². The van der Waals surface area contributed by atoms with Crippen LogP contribution in [0.15, 0.2) is 0 Å². The van der Waals surface area contributed by atoms with E-state index >= 15 is 0 Å². The topological polar surface area (TPSA) is 44.8 Å². The van der Waals surface area contributed by atoms with Crippen LogP contribution in [0.4, 0.5) is 0 Å². The Labute approximate surface area is 103 Å². The molecule has 2 fully saturated rings. The normalized spacial score (nSPS) is 23.2. The van der Waals surface area contributed by atoms with Gasteiger partial charge in [0.1, 0.15) is 0 Å². The van der Waals surface area contributed by atoms with Gasteiger partial charge in [0.2, 0.25) is 5.91 Å². The van der Waals surface area contributed by atoms with Gasteiger partial charge in [0.05, 0.1) is 12.5 Å². The van der Waals surface area contributed by atoms with Gasteiger partial charge in [0, 0.05) is 46.4 Å². The summed E-state index contributed by atoms with van der Waals surface area (Å²) in [7, 11) is 1.73. The molecule has 0 radical (unpaired) electrons. The van der Waals surface area contributed by atoms with Crippen LogP contribution in [0.1, 0.15) is 6.42 Å². The van der Waals surface area contributed by atoms with Crippen LogP contribution in [0, 0.1) is 5.92 Å². The van der Waals surface area contributed by atoms with Gasteiger partial charge in [-0.25, -0.2) is 0 Å². The summed E-state index contributed by atoms with van der Waals surface area (Å²) in [6.07, 6.45) is 1.08. The molecule has 0 aromatic heterocycles. The monoisotopic (exact) mass is 241 g/mol. The first-order chi connectivity index (χ1) is 8.31. The molecule has 0 saturated carbocycles. The SMILES string of the molecule is COCCN1CCCN(C(=O)C2CNC2)CC1. The second kappa shape index (κ2) is 6.33. The van der Waals surface area contributed by atoms with E-state index in [9.17, 15) is 4.79 Å². The van der Waals surface area contributed by atoms with Crippen LogP contribution in [0.25, 0.3) is 0 Å². The number of nitrogens with one attached hydrogen (secondary N) is 1. The predicted octanol–water partition coefficient (Wildman–Crippen LogP) is -0.613. The Bertz CT molecular complexity index is 256. The molecule has 2 saturated heterocycles. The molecule has 5 heteroatoms. The van der Waals surface area contributed by atoms with Crippen molar-refractivity contribution in [3.8, 4) is 0 Å². The number of hydrogen-bond acceptors (Lipinski definition) is 4. The van der Waals surface area contributed by atoms with Gasteiger partial charge >= 0.3 is 0 Å². The molecule has 1 N–H and O–H groups in total. The average Bonchev–Trinajstić information content (AvgIpc) is 2.49. The van der Waals surface area contributed by atoms with Gasteiger partial charge in [-0.15, -0.1) is 0 Å². The quantitative estimate of drug-likeness (QED) is 0.713. The van der Waals surface area contributed by atoms with Crippen molar-refractivity contribution in [2.75, 3.05) is 59.5 Å². The Kier molecular flexibility index (Phi) is 4.76. The molecule has 0 aromatic rings. The van der Waals surface area contributed by atoms with E-state index in [2.05, 4.69) is 10.2 Å².